The zero-order chi connectivity index (χ0) is 12.3. The van der Waals surface area contributed by atoms with Gasteiger partial charge in [-0.05, 0) is 11.8 Å². The maximum atomic E-state index is 13.2. The molecule has 0 heterocycles. The highest BCUT2D eigenvalue weighted by Gasteiger charge is 2.56. The fourth-order valence-electron chi connectivity index (χ4n) is 2.47. The van der Waals surface area contributed by atoms with E-state index in [-0.39, 0.29) is 11.8 Å². The van der Waals surface area contributed by atoms with Gasteiger partial charge in [0.05, 0.1) is 5.41 Å². The molecule has 0 nitrogen and oxygen atoms in total. The van der Waals surface area contributed by atoms with Crippen LogP contribution in [0, 0.1) is 17.3 Å². The van der Waals surface area contributed by atoms with E-state index in [4.69, 9.17) is 0 Å². The first kappa shape index (κ1) is 14.8. The van der Waals surface area contributed by atoms with E-state index >= 15 is 0 Å². The monoisotopic (exact) mass is 224 g/mol. The molecule has 0 N–H and O–H groups in total. The number of halogens is 3. The van der Waals surface area contributed by atoms with Crippen molar-refractivity contribution >= 4 is 0 Å². The summed E-state index contributed by atoms with van der Waals surface area (Å²) in [5.74, 6) is -0.588. The molecule has 3 heteroatoms. The van der Waals surface area contributed by atoms with Gasteiger partial charge in [-0.1, -0.05) is 53.9 Å². The van der Waals surface area contributed by atoms with Crippen molar-refractivity contribution in [1.82, 2.24) is 0 Å². The van der Waals surface area contributed by atoms with Gasteiger partial charge in [-0.2, -0.15) is 13.2 Å². The van der Waals surface area contributed by atoms with Gasteiger partial charge in [0.25, 0.3) is 0 Å². The van der Waals surface area contributed by atoms with E-state index in [0.29, 0.717) is 19.3 Å². The van der Waals surface area contributed by atoms with E-state index in [1.807, 2.05) is 20.8 Å². The average molecular weight is 224 g/mol. The van der Waals surface area contributed by atoms with Gasteiger partial charge in [-0.25, -0.2) is 0 Å². The van der Waals surface area contributed by atoms with Crippen LogP contribution in [0.3, 0.4) is 0 Å². The predicted octanol–water partition coefficient (Wildman–Crippen LogP) is 5.04. The summed E-state index contributed by atoms with van der Waals surface area (Å²) >= 11 is 0. The smallest absolute Gasteiger partial charge is 0.170 e. The Morgan fingerprint density at radius 2 is 1.33 bits per heavy atom. The summed E-state index contributed by atoms with van der Waals surface area (Å²) in [5.41, 5.74) is -1.54. The van der Waals surface area contributed by atoms with E-state index in [1.165, 1.54) is 6.92 Å². The lowest BCUT2D eigenvalue weighted by molar-refractivity contribution is -0.255. The molecule has 0 saturated heterocycles. The van der Waals surface area contributed by atoms with Crippen molar-refractivity contribution < 1.29 is 13.2 Å². The molecule has 0 fully saturated rings. The molecule has 0 aliphatic carbocycles. The van der Waals surface area contributed by atoms with Gasteiger partial charge in [0.1, 0.15) is 0 Å². The molecule has 92 valence electrons. The summed E-state index contributed by atoms with van der Waals surface area (Å²) in [6.45, 7) is 8.63. The first-order valence-corrected chi connectivity index (χ1v) is 5.82. The molecule has 0 rings (SSSR count). The minimum atomic E-state index is -4.10. The first-order valence-electron chi connectivity index (χ1n) is 5.82. The molecular weight excluding hydrogens is 201 g/mol. The second kappa shape index (κ2) is 5.22. The minimum Gasteiger partial charge on any atom is -0.170 e. The van der Waals surface area contributed by atoms with Crippen molar-refractivity contribution in [2.45, 2.75) is 60.1 Å². The minimum absolute atomic E-state index is 0.271. The molecule has 0 aliphatic rings. The third kappa shape index (κ3) is 2.67. The normalized spacial score (nSPS) is 19.0. The number of alkyl halides is 3. The zero-order valence-electron chi connectivity index (χ0n) is 10.4. The lowest BCUT2D eigenvalue weighted by Crippen LogP contribution is -2.46. The Morgan fingerprint density at radius 3 is 1.53 bits per heavy atom. The third-order valence-corrected chi connectivity index (χ3v) is 4.08. The molecule has 0 saturated carbocycles. The van der Waals surface area contributed by atoms with Crippen LogP contribution in [0.25, 0.3) is 0 Å². The van der Waals surface area contributed by atoms with E-state index in [2.05, 4.69) is 0 Å². The number of hydrogen-bond donors (Lipinski definition) is 0. The molecule has 0 aliphatic heterocycles. The lowest BCUT2D eigenvalue weighted by Gasteiger charge is -2.43. The van der Waals surface area contributed by atoms with Gasteiger partial charge in [0, 0.05) is 0 Å². The van der Waals surface area contributed by atoms with Gasteiger partial charge in [0.15, 0.2) is 0 Å². The molecule has 2 atom stereocenters. The molecule has 0 radical (unpaired) electrons. The first-order chi connectivity index (χ1) is 6.75. The summed E-state index contributed by atoms with van der Waals surface area (Å²) in [4.78, 5) is 0. The van der Waals surface area contributed by atoms with Gasteiger partial charge >= 0.3 is 6.18 Å². The topological polar surface area (TPSA) is 0 Å². The van der Waals surface area contributed by atoms with Crippen LogP contribution in [-0.4, -0.2) is 6.18 Å². The van der Waals surface area contributed by atoms with E-state index in [1.54, 1.807) is 6.92 Å². The van der Waals surface area contributed by atoms with Crippen LogP contribution in [0.5, 0.6) is 0 Å². The van der Waals surface area contributed by atoms with Crippen LogP contribution >= 0.6 is 0 Å². The third-order valence-electron chi connectivity index (χ3n) is 4.08. The van der Waals surface area contributed by atoms with Gasteiger partial charge < -0.3 is 0 Å². The molecule has 0 spiro atoms. The van der Waals surface area contributed by atoms with E-state index in [0.717, 1.165) is 0 Å². The maximum Gasteiger partial charge on any atom is 0.394 e. The van der Waals surface area contributed by atoms with Crippen molar-refractivity contribution in [3.63, 3.8) is 0 Å². The maximum absolute atomic E-state index is 13.2. The highest BCUT2D eigenvalue weighted by molar-refractivity contribution is 4.91. The fourth-order valence-corrected chi connectivity index (χ4v) is 2.47. The predicted molar refractivity (Wildman–Crippen MR) is 57.7 cm³/mol. The highest BCUT2D eigenvalue weighted by atomic mass is 19.4. The Bertz CT molecular complexity index is 182. The largest absolute Gasteiger partial charge is 0.394 e. The second-order valence-corrected chi connectivity index (χ2v) is 4.60. The Labute approximate surface area is 91.3 Å². The summed E-state index contributed by atoms with van der Waals surface area (Å²) in [6.07, 6.45) is -2.33. The lowest BCUT2D eigenvalue weighted by atomic mass is 9.65. The van der Waals surface area contributed by atoms with Crippen molar-refractivity contribution in [3.8, 4) is 0 Å². The molecule has 0 aromatic carbocycles. The number of hydrogen-bond acceptors (Lipinski definition) is 0. The van der Waals surface area contributed by atoms with Gasteiger partial charge in [-0.15, -0.1) is 0 Å². The van der Waals surface area contributed by atoms with Crippen molar-refractivity contribution in [2.24, 2.45) is 17.3 Å². The highest BCUT2D eigenvalue weighted by Crippen LogP contribution is 2.52. The summed E-state index contributed by atoms with van der Waals surface area (Å²) < 4.78 is 39.5. The standard InChI is InChI=1S/C12H23F3/c1-6-9(4)11(5,12(13,14)15)10(7-2)8-3/h9-10H,6-8H2,1-5H3. The van der Waals surface area contributed by atoms with E-state index < -0.39 is 11.6 Å². The quantitative estimate of drug-likeness (QED) is 0.614. The molecule has 2 unspecified atom stereocenters. The van der Waals surface area contributed by atoms with Crippen LogP contribution in [0.4, 0.5) is 13.2 Å². The van der Waals surface area contributed by atoms with Crippen molar-refractivity contribution in [2.75, 3.05) is 0 Å². The Morgan fingerprint density at radius 1 is 0.933 bits per heavy atom. The Balaban J connectivity index is 5.18. The Kier molecular flexibility index (Phi) is 5.15. The van der Waals surface area contributed by atoms with Crippen LogP contribution in [0.15, 0.2) is 0 Å². The summed E-state index contributed by atoms with van der Waals surface area (Å²) in [6, 6.07) is 0. The number of rotatable bonds is 5. The van der Waals surface area contributed by atoms with Gasteiger partial charge in [-0.3, -0.25) is 0 Å². The molecule has 0 aromatic rings. The van der Waals surface area contributed by atoms with Crippen molar-refractivity contribution in [1.29, 1.82) is 0 Å². The van der Waals surface area contributed by atoms with Crippen molar-refractivity contribution in [3.05, 3.63) is 0 Å². The van der Waals surface area contributed by atoms with Crippen LogP contribution in [0.2, 0.25) is 0 Å². The van der Waals surface area contributed by atoms with Crippen LogP contribution in [-0.2, 0) is 0 Å². The SMILES string of the molecule is CCC(C)C(C)(C(CC)CC)C(F)(F)F. The average Bonchev–Trinajstić information content (AvgIpc) is 2.16. The molecule has 0 bridgehead atoms. The molecule has 0 aromatic heterocycles. The Hall–Kier alpha value is -0.210. The summed E-state index contributed by atoms with van der Waals surface area (Å²) in [7, 11) is 0. The molecular formula is C12H23F3. The molecule has 15 heavy (non-hydrogen) atoms. The summed E-state index contributed by atoms with van der Waals surface area (Å²) in [5, 5.41) is 0. The van der Waals surface area contributed by atoms with Gasteiger partial charge in [0.2, 0.25) is 0 Å². The second-order valence-electron chi connectivity index (χ2n) is 4.60. The fraction of sp³-hybridized carbons (Fsp3) is 1.00. The molecule has 0 amide bonds. The zero-order valence-corrected chi connectivity index (χ0v) is 10.4. The van der Waals surface area contributed by atoms with E-state index in [9.17, 15) is 13.2 Å². The van der Waals surface area contributed by atoms with Crippen LogP contribution < -0.4 is 0 Å². The van der Waals surface area contributed by atoms with Crippen LogP contribution in [0.1, 0.15) is 53.9 Å².